The lowest BCUT2D eigenvalue weighted by Crippen LogP contribution is -2.16. The first-order valence-corrected chi connectivity index (χ1v) is 9.65. The highest BCUT2D eigenvalue weighted by Crippen LogP contribution is 2.26. The second-order valence-electron chi connectivity index (χ2n) is 6.89. The first kappa shape index (κ1) is 19.5. The molecule has 4 nitrogen and oxygen atoms in total. The van der Waals surface area contributed by atoms with Crippen molar-refractivity contribution in [2.45, 2.75) is 6.92 Å². The van der Waals surface area contributed by atoms with Crippen LogP contribution in [0.4, 0.5) is 10.3 Å². The van der Waals surface area contributed by atoms with Gasteiger partial charge in [0, 0.05) is 18.2 Å². The highest BCUT2D eigenvalue weighted by molar-refractivity contribution is 5.99. The average Bonchev–Trinajstić information content (AvgIpc) is 2.80. The largest absolute Gasteiger partial charge is 0.247 e. The fourth-order valence-electron chi connectivity index (χ4n) is 3.11. The standard InChI is InChI=1S/C25H21FN4/c1-18(19-13-15-22(26)16-14-19)29-30(2)25-27-23(20-9-5-3-6-10-20)17-24(28-25)21-11-7-4-8-12-21/h3-17H,1-2H3. The lowest BCUT2D eigenvalue weighted by molar-refractivity contribution is 0.628. The zero-order valence-corrected chi connectivity index (χ0v) is 16.8. The van der Waals surface area contributed by atoms with E-state index in [0.29, 0.717) is 5.95 Å². The molecule has 4 rings (SSSR count). The van der Waals surface area contributed by atoms with Gasteiger partial charge in [-0.2, -0.15) is 5.10 Å². The van der Waals surface area contributed by atoms with Crippen LogP contribution in [-0.4, -0.2) is 22.7 Å². The molecule has 0 saturated heterocycles. The quantitative estimate of drug-likeness (QED) is 0.316. The van der Waals surface area contributed by atoms with Gasteiger partial charge < -0.3 is 0 Å². The molecule has 3 aromatic carbocycles. The van der Waals surface area contributed by atoms with E-state index >= 15 is 0 Å². The molecule has 30 heavy (non-hydrogen) atoms. The summed E-state index contributed by atoms with van der Waals surface area (Å²) >= 11 is 0. The molecule has 0 unspecified atom stereocenters. The molecule has 0 amide bonds. The van der Waals surface area contributed by atoms with Gasteiger partial charge in [-0.3, -0.25) is 0 Å². The van der Waals surface area contributed by atoms with Crippen molar-refractivity contribution in [3.63, 3.8) is 0 Å². The molecule has 0 spiro atoms. The van der Waals surface area contributed by atoms with Crippen LogP contribution < -0.4 is 5.01 Å². The Morgan fingerprint density at radius 3 is 1.77 bits per heavy atom. The Morgan fingerprint density at radius 2 is 1.27 bits per heavy atom. The van der Waals surface area contributed by atoms with Crippen LogP contribution in [0.5, 0.6) is 0 Å². The zero-order chi connectivity index (χ0) is 20.9. The van der Waals surface area contributed by atoms with Gasteiger partial charge in [0.15, 0.2) is 0 Å². The van der Waals surface area contributed by atoms with Crippen molar-refractivity contribution in [2.24, 2.45) is 5.10 Å². The number of aromatic nitrogens is 2. The Labute approximate surface area is 175 Å². The molecule has 0 aliphatic heterocycles. The van der Waals surface area contributed by atoms with E-state index in [2.05, 4.69) is 5.10 Å². The molecule has 0 N–H and O–H groups in total. The number of benzene rings is 3. The van der Waals surface area contributed by atoms with Gasteiger partial charge in [-0.1, -0.05) is 72.8 Å². The van der Waals surface area contributed by atoms with Crippen LogP contribution in [0.15, 0.2) is 96.1 Å². The molecule has 4 aromatic rings. The topological polar surface area (TPSA) is 41.4 Å². The van der Waals surface area contributed by atoms with Crippen molar-refractivity contribution in [2.75, 3.05) is 12.1 Å². The molecule has 1 aromatic heterocycles. The van der Waals surface area contributed by atoms with Gasteiger partial charge in [-0.15, -0.1) is 0 Å². The second kappa shape index (κ2) is 8.66. The van der Waals surface area contributed by atoms with E-state index in [9.17, 15) is 4.39 Å². The second-order valence-corrected chi connectivity index (χ2v) is 6.89. The highest BCUT2D eigenvalue weighted by atomic mass is 19.1. The summed E-state index contributed by atoms with van der Waals surface area (Å²) in [6.07, 6.45) is 0. The predicted molar refractivity (Wildman–Crippen MR) is 120 cm³/mol. The summed E-state index contributed by atoms with van der Waals surface area (Å²) in [5, 5.41) is 6.27. The lowest BCUT2D eigenvalue weighted by Gasteiger charge is -2.15. The molecule has 0 bridgehead atoms. The third-order valence-electron chi connectivity index (χ3n) is 4.70. The van der Waals surface area contributed by atoms with Crippen LogP contribution in [0.25, 0.3) is 22.5 Å². The van der Waals surface area contributed by atoms with Gasteiger partial charge in [0.05, 0.1) is 17.1 Å². The van der Waals surface area contributed by atoms with Gasteiger partial charge >= 0.3 is 0 Å². The molecular weight excluding hydrogens is 375 g/mol. The Balaban J connectivity index is 1.76. The van der Waals surface area contributed by atoms with Gasteiger partial charge in [0.1, 0.15) is 5.82 Å². The van der Waals surface area contributed by atoms with Gasteiger partial charge in [-0.25, -0.2) is 19.4 Å². The van der Waals surface area contributed by atoms with Crippen molar-refractivity contribution in [1.82, 2.24) is 9.97 Å². The van der Waals surface area contributed by atoms with E-state index in [1.54, 1.807) is 17.1 Å². The van der Waals surface area contributed by atoms with E-state index in [4.69, 9.17) is 9.97 Å². The average molecular weight is 396 g/mol. The third-order valence-corrected chi connectivity index (χ3v) is 4.70. The fraction of sp³-hybridized carbons (Fsp3) is 0.0800. The minimum Gasteiger partial charge on any atom is -0.235 e. The third kappa shape index (κ3) is 4.41. The first-order chi connectivity index (χ1) is 14.6. The maximum absolute atomic E-state index is 13.2. The number of rotatable bonds is 5. The molecule has 0 fully saturated rings. The molecule has 0 atom stereocenters. The van der Waals surface area contributed by atoms with Crippen molar-refractivity contribution < 1.29 is 4.39 Å². The maximum atomic E-state index is 13.2. The molecular formula is C25H21FN4. The molecule has 0 radical (unpaired) electrons. The monoisotopic (exact) mass is 396 g/mol. The number of nitrogens with zero attached hydrogens (tertiary/aromatic N) is 4. The van der Waals surface area contributed by atoms with Crippen LogP contribution >= 0.6 is 0 Å². The summed E-state index contributed by atoms with van der Waals surface area (Å²) in [4.78, 5) is 9.48. The number of halogens is 1. The number of anilines is 1. The molecule has 148 valence electrons. The minimum absolute atomic E-state index is 0.272. The Bertz CT molecular complexity index is 1100. The smallest absolute Gasteiger partial charge is 0.235 e. The number of hydrogen-bond donors (Lipinski definition) is 0. The lowest BCUT2D eigenvalue weighted by atomic mass is 10.1. The zero-order valence-electron chi connectivity index (χ0n) is 16.8. The predicted octanol–water partition coefficient (Wildman–Crippen LogP) is 5.81. The first-order valence-electron chi connectivity index (χ1n) is 9.65. The Hall–Kier alpha value is -3.86. The highest BCUT2D eigenvalue weighted by Gasteiger charge is 2.12. The van der Waals surface area contributed by atoms with Gasteiger partial charge in [-0.05, 0) is 30.7 Å². The molecule has 0 aliphatic carbocycles. The molecule has 1 heterocycles. The van der Waals surface area contributed by atoms with Crippen molar-refractivity contribution in [1.29, 1.82) is 0 Å². The van der Waals surface area contributed by atoms with E-state index in [1.165, 1.54) is 12.1 Å². The van der Waals surface area contributed by atoms with Gasteiger partial charge in [0.2, 0.25) is 5.95 Å². The summed E-state index contributed by atoms with van der Waals surface area (Å²) in [5.41, 5.74) is 5.23. The van der Waals surface area contributed by atoms with Crippen LogP contribution in [0.2, 0.25) is 0 Å². The fourth-order valence-corrected chi connectivity index (χ4v) is 3.11. The van der Waals surface area contributed by atoms with Crippen LogP contribution in [0.1, 0.15) is 12.5 Å². The Morgan fingerprint density at radius 1 is 0.767 bits per heavy atom. The van der Waals surface area contributed by atoms with Crippen LogP contribution in [-0.2, 0) is 0 Å². The van der Waals surface area contributed by atoms with Crippen LogP contribution in [0, 0.1) is 5.82 Å². The van der Waals surface area contributed by atoms with Crippen molar-refractivity contribution in [3.8, 4) is 22.5 Å². The minimum atomic E-state index is -0.272. The number of hydrazone groups is 1. The summed E-state index contributed by atoms with van der Waals surface area (Å²) in [6, 6.07) is 28.2. The summed E-state index contributed by atoms with van der Waals surface area (Å²) < 4.78 is 13.2. The SMILES string of the molecule is CC(=NN(C)c1nc(-c2ccccc2)cc(-c2ccccc2)n1)c1ccc(F)cc1. The van der Waals surface area contributed by atoms with E-state index in [1.807, 2.05) is 80.7 Å². The summed E-state index contributed by atoms with van der Waals surface area (Å²) in [7, 11) is 1.81. The molecule has 0 aliphatic rings. The van der Waals surface area contributed by atoms with Crippen molar-refractivity contribution in [3.05, 3.63) is 102 Å². The van der Waals surface area contributed by atoms with E-state index in [0.717, 1.165) is 33.8 Å². The van der Waals surface area contributed by atoms with E-state index in [-0.39, 0.29) is 5.82 Å². The van der Waals surface area contributed by atoms with Crippen molar-refractivity contribution >= 4 is 11.7 Å². The maximum Gasteiger partial charge on any atom is 0.247 e. The van der Waals surface area contributed by atoms with E-state index < -0.39 is 0 Å². The normalized spacial score (nSPS) is 11.4. The summed E-state index contributed by atoms with van der Waals surface area (Å²) in [6.45, 7) is 1.88. The van der Waals surface area contributed by atoms with Crippen LogP contribution in [0.3, 0.4) is 0 Å². The summed E-state index contributed by atoms with van der Waals surface area (Å²) in [5.74, 6) is 0.211. The number of hydrogen-bond acceptors (Lipinski definition) is 4. The molecule has 0 saturated carbocycles. The molecule has 5 heteroatoms. The Kier molecular flexibility index (Phi) is 5.61. The van der Waals surface area contributed by atoms with Gasteiger partial charge in [0.25, 0.3) is 0 Å².